The van der Waals surface area contributed by atoms with E-state index in [9.17, 15) is 9.90 Å². The van der Waals surface area contributed by atoms with E-state index < -0.39 is 6.10 Å². The minimum Gasteiger partial charge on any atom is -0.388 e. The standard InChI is InChI=1S/C14H18O2/c1-10-5-4-6-11(9-10)14(16)12-7-2-3-8-13(12)15/h4-6,9,12,14,16H,2-3,7-8H2,1H3/t12-,14+/m1/s1. The number of aliphatic hydroxyl groups is 1. The van der Waals surface area contributed by atoms with Gasteiger partial charge in [0.05, 0.1) is 6.10 Å². The minimum absolute atomic E-state index is 0.185. The van der Waals surface area contributed by atoms with Crippen LogP contribution in [0.1, 0.15) is 42.9 Å². The Labute approximate surface area is 96.3 Å². The summed E-state index contributed by atoms with van der Waals surface area (Å²) in [6, 6.07) is 7.80. The van der Waals surface area contributed by atoms with Gasteiger partial charge >= 0.3 is 0 Å². The van der Waals surface area contributed by atoms with E-state index in [1.54, 1.807) is 0 Å². The van der Waals surface area contributed by atoms with E-state index in [2.05, 4.69) is 0 Å². The van der Waals surface area contributed by atoms with Crippen molar-refractivity contribution in [1.29, 1.82) is 0 Å². The van der Waals surface area contributed by atoms with E-state index in [0.717, 1.165) is 30.4 Å². The lowest BCUT2D eigenvalue weighted by Crippen LogP contribution is -2.25. The lowest BCUT2D eigenvalue weighted by atomic mass is 9.81. The minimum atomic E-state index is -0.618. The molecule has 0 saturated heterocycles. The summed E-state index contributed by atoms with van der Waals surface area (Å²) in [6.07, 6.45) is 2.88. The molecule has 2 nitrogen and oxygen atoms in total. The van der Waals surface area contributed by atoms with Crippen LogP contribution in [0.15, 0.2) is 24.3 Å². The van der Waals surface area contributed by atoms with E-state index in [-0.39, 0.29) is 11.7 Å². The van der Waals surface area contributed by atoms with E-state index >= 15 is 0 Å². The molecule has 2 rings (SSSR count). The number of hydrogen-bond donors (Lipinski definition) is 1. The number of rotatable bonds is 2. The molecule has 86 valence electrons. The molecule has 16 heavy (non-hydrogen) atoms. The third-order valence-electron chi connectivity index (χ3n) is 3.37. The molecule has 0 aromatic heterocycles. The number of Topliss-reactive ketones (excluding diaryl/α,β-unsaturated/α-hetero) is 1. The maximum absolute atomic E-state index is 11.7. The van der Waals surface area contributed by atoms with Crippen molar-refractivity contribution in [2.45, 2.75) is 38.7 Å². The van der Waals surface area contributed by atoms with Crippen LogP contribution in [0.3, 0.4) is 0 Å². The molecule has 2 atom stereocenters. The van der Waals surface area contributed by atoms with Crippen molar-refractivity contribution in [3.05, 3.63) is 35.4 Å². The van der Waals surface area contributed by atoms with Gasteiger partial charge in [0.1, 0.15) is 5.78 Å². The van der Waals surface area contributed by atoms with E-state index in [1.165, 1.54) is 0 Å². The summed E-state index contributed by atoms with van der Waals surface area (Å²) in [5.74, 6) is 0.0378. The Morgan fingerprint density at radius 3 is 2.88 bits per heavy atom. The van der Waals surface area contributed by atoms with Gasteiger partial charge in [-0.2, -0.15) is 0 Å². The zero-order valence-electron chi connectivity index (χ0n) is 9.65. The summed E-state index contributed by atoms with van der Waals surface area (Å²) >= 11 is 0. The van der Waals surface area contributed by atoms with Crippen molar-refractivity contribution in [1.82, 2.24) is 0 Å². The van der Waals surface area contributed by atoms with Crippen molar-refractivity contribution in [3.8, 4) is 0 Å². The van der Waals surface area contributed by atoms with Gasteiger partial charge in [0.25, 0.3) is 0 Å². The van der Waals surface area contributed by atoms with Crippen molar-refractivity contribution in [3.63, 3.8) is 0 Å². The van der Waals surface area contributed by atoms with Crippen LogP contribution in [0.5, 0.6) is 0 Å². The predicted molar refractivity (Wildman–Crippen MR) is 63.1 cm³/mol. The first-order chi connectivity index (χ1) is 7.68. The average molecular weight is 218 g/mol. The zero-order valence-corrected chi connectivity index (χ0v) is 9.65. The molecule has 1 aromatic rings. The van der Waals surface area contributed by atoms with Crippen LogP contribution in [-0.2, 0) is 4.79 Å². The number of aliphatic hydroxyl groups excluding tert-OH is 1. The number of ketones is 1. The maximum atomic E-state index is 11.7. The number of benzene rings is 1. The second-order valence-corrected chi connectivity index (χ2v) is 4.68. The molecular formula is C14H18O2. The molecule has 0 aliphatic heterocycles. The molecular weight excluding hydrogens is 200 g/mol. The van der Waals surface area contributed by atoms with E-state index in [4.69, 9.17) is 0 Å². The molecule has 1 N–H and O–H groups in total. The Balaban J connectivity index is 2.17. The summed E-state index contributed by atoms with van der Waals surface area (Å²) in [7, 11) is 0. The molecule has 1 aromatic carbocycles. The van der Waals surface area contributed by atoms with Gasteiger partial charge in [0.15, 0.2) is 0 Å². The smallest absolute Gasteiger partial charge is 0.138 e. The molecule has 1 aliphatic carbocycles. The molecule has 0 unspecified atom stereocenters. The average Bonchev–Trinajstić information content (AvgIpc) is 2.29. The fourth-order valence-electron chi connectivity index (χ4n) is 2.43. The second-order valence-electron chi connectivity index (χ2n) is 4.68. The Kier molecular flexibility index (Phi) is 3.39. The molecule has 1 aliphatic rings. The van der Waals surface area contributed by atoms with E-state index in [1.807, 2.05) is 31.2 Å². The monoisotopic (exact) mass is 218 g/mol. The molecule has 1 fully saturated rings. The first-order valence-corrected chi connectivity index (χ1v) is 5.96. The Hall–Kier alpha value is -1.15. The van der Waals surface area contributed by atoms with Crippen LogP contribution >= 0.6 is 0 Å². The topological polar surface area (TPSA) is 37.3 Å². The number of hydrogen-bond acceptors (Lipinski definition) is 2. The summed E-state index contributed by atoms with van der Waals surface area (Å²) in [5.41, 5.74) is 2.00. The lowest BCUT2D eigenvalue weighted by molar-refractivity contribution is -0.128. The van der Waals surface area contributed by atoms with Crippen molar-refractivity contribution >= 4 is 5.78 Å². The van der Waals surface area contributed by atoms with Crippen LogP contribution in [-0.4, -0.2) is 10.9 Å². The molecule has 0 amide bonds. The number of carbonyl (C=O) groups excluding carboxylic acids is 1. The molecule has 2 heteroatoms. The Morgan fingerprint density at radius 1 is 1.38 bits per heavy atom. The van der Waals surface area contributed by atoms with Crippen LogP contribution in [0.4, 0.5) is 0 Å². The summed E-state index contributed by atoms with van der Waals surface area (Å²) in [4.78, 5) is 11.7. The zero-order chi connectivity index (χ0) is 11.5. The normalized spacial score (nSPS) is 23.1. The van der Waals surface area contributed by atoms with Crippen LogP contribution < -0.4 is 0 Å². The largest absolute Gasteiger partial charge is 0.388 e. The highest BCUT2D eigenvalue weighted by atomic mass is 16.3. The quantitative estimate of drug-likeness (QED) is 0.828. The van der Waals surface area contributed by atoms with Gasteiger partial charge in [-0.25, -0.2) is 0 Å². The van der Waals surface area contributed by atoms with Crippen LogP contribution in [0, 0.1) is 12.8 Å². The second kappa shape index (κ2) is 4.79. The highest BCUT2D eigenvalue weighted by Crippen LogP contribution is 2.32. The van der Waals surface area contributed by atoms with Crippen molar-refractivity contribution in [2.75, 3.05) is 0 Å². The Morgan fingerprint density at radius 2 is 2.19 bits per heavy atom. The number of aryl methyl sites for hydroxylation is 1. The first-order valence-electron chi connectivity index (χ1n) is 5.96. The highest BCUT2D eigenvalue weighted by molar-refractivity contribution is 5.82. The van der Waals surface area contributed by atoms with E-state index in [0.29, 0.717) is 6.42 Å². The first kappa shape index (κ1) is 11.3. The van der Waals surface area contributed by atoms with Gasteiger partial charge in [0.2, 0.25) is 0 Å². The SMILES string of the molecule is Cc1cccc([C@H](O)[C@@H]2CCCCC2=O)c1. The molecule has 0 bridgehead atoms. The molecule has 1 saturated carbocycles. The van der Waals surface area contributed by atoms with Crippen molar-refractivity contribution < 1.29 is 9.90 Å². The van der Waals surface area contributed by atoms with Crippen molar-refractivity contribution in [2.24, 2.45) is 5.92 Å². The predicted octanol–water partition coefficient (Wildman–Crippen LogP) is 2.79. The van der Waals surface area contributed by atoms with Gasteiger partial charge in [0, 0.05) is 12.3 Å². The van der Waals surface area contributed by atoms with Gasteiger partial charge < -0.3 is 5.11 Å². The van der Waals surface area contributed by atoms with Gasteiger partial charge in [-0.3, -0.25) is 4.79 Å². The number of carbonyl (C=O) groups is 1. The highest BCUT2D eigenvalue weighted by Gasteiger charge is 2.29. The van der Waals surface area contributed by atoms with Gasteiger partial charge in [-0.1, -0.05) is 36.2 Å². The fraction of sp³-hybridized carbons (Fsp3) is 0.500. The molecule has 0 radical (unpaired) electrons. The molecule has 0 spiro atoms. The van der Waals surface area contributed by atoms with Gasteiger partial charge in [-0.15, -0.1) is 0 Å². The maximum Gasteiger partial charge on any atom is 0.138 e. The summed E-state index contributed by atoms with van der Waals surface area (Å²) in [5, 5.41) is 10.2. The summed E-state index contributed by atoms with van der Waals surface area (Å²) in [6.45, 7) is 2.00. The Bertz CT molecular complexity index is 384. The third-order valence-corrected chi connectivity index (χ3v) is 3.37. The third kappa shape index (κ3) is 2.33. The lowest BCUT2D eigenvalue weighted by Gasteiger charge is -2.25. The van der Waals surface area contributed by atoms with Gasteiger partial charge in [-0.05, 0) is 25.3 Å². The fourth-order valence-corrected chi connectivity index (χ4v) is 2.43. The summed E-state index contributed by atoms with van der Waals surface area (Å²) < 4.78 is 0. The molecule has 0 heterocycles. The van der Waals surface area contributed by atoms with Crippen LogP contribution in [0.2, 0.25) is 0 Å². The van der Waals surface area contributed by atoms with Crippen LogP contribution in [0.25, 0.3) is 0 Å².